The van der Waals surface area contributed by atoms with E-state index in [1.54, 1.807) is 25.8 Å². The molecule has 1 saturated carbocycles. The Morgan fingerprint density at radius 3 is 2.35 bits per heavy atom. The maximum atomic E-state index is 11.9. The highest BCUT2D eigenvalue weighted by atomic mass is 16.4. The molecule has 5 nitrogen and oxygen atoms in total. The molecule has 2 amide bonds. The van der Waals surface area contributed by atoms with Crippen molar-refractivity contribution in [3.8, 4) is 0 Å². The number of carbonyl (C=O) groups is 2. The van der Waals surface area contributed by atoms with E-state index in [0.717, 1.165) is 12.8 Å². The zero-order valence-corrected chi connectivity index (χ0v) is 10.8. The second kappa shape index (κ2) is 5.38. The summed E-state index contributed by atoms with van der Waals surface area (Å²) >= 11 is 0. The van der Waals surface area contributed by atoms with Crippen molar-refractivity contribution in [2.24, 2.45) is 0 Å². The van der Waals surface area contributed by atoms with E-state index in [4.69, 9.17) is 5.11 Å². The first-order chi connectivity index (χ1) is 7.82. The summed E-state index contributed by atoms with van der Waals surface area (Å²) in [6, 6.07) is 0.124. The standard InChI is InChI=1S/C12H22N2O3/c1-12(2,8-10(15)16)13-11(17)14(3)9-6-4-5-7-9/h9H,4-8H2,1-3H3,(H,13,17)(H,15,16). The van der Waals surface area contributed by atoms with Gasteiger partial charge in [-0.1, -0.05) is 12.8 Å². The molecule has 0 aliphatic heterocycles. The lowest BCUT2D eigenvalue weighted by Gasteiger charge is -2.31. The topological polar surface area (TPSA) is 69.6 Å². The number of nitrogens with zero attached hydrogens (tertiary/aromatic N) is 1. The molecule has 0 heterocycles. The first kappa shape index (κ1) is 13.8. The monoisotopic (exact) mass is 242 g/mol. The average Bonchev–Trinajstić information content (AvgIpc) is 2.65. The molecule has 0 aromatic heterocycles. The third kappa shape index (κ3) is 4.24. The number of carbonyl (C=O) groups excluding carboxylic acids is 1. The molecule has 0 radical (unpaired) electrons. The number of carboxylic acid groups (broad SMARTS) is 1. The first-order valence-electron chi connectivity index (χ1n) is 6.08. The fraction of sp³-hybridized carbons (Fsp3) is 0.833. The highest BCUT2D eigenvalue weighted by Crippen LogP contribution is 2.22. The molecule has 0 unspecified atom stereocenters. The van der Waals surface area contributed by atoms with Crippen molar-refractivity contribution in [2.75, 3.05) is 7.05 Å². The van der Waals surface area contributed by atoms with E-state index in [9.17, 15) is 9.59 Å². The highest BCUT2D eigenvalue weighted by molar-refractivity contribution is 5.76. The van der Waals surface area contributed by atoms with Crippen LogP contribution in [0.5, 0.6) is 0 Å². The largest absolute Gasteiger partial charge is 0.481 e. The summed E-state index contributed by atoms with van der Waals surface area (Å²) in [5.74, 6) is -0.904. The minimum absolute atomic E-state index is 0.0722. The van der Waals surface area contributed by atoms with Gasteiger partial charge in [0.25, 0.3) is 0 Å². The number of nitrogens with one attached hydrogen (secondary N) is 1. The molecule has 0 aromatic carbocycles. The molecule has 17 heavy (non-hydrogen) atoms. The Labute approximate surface area is 102 Å². The Morgan fingerprint density at radius 2 is 1.88 bits per heavy atom. The van der Waals surface area contributed by atoms with Crippen LogP contribution in [0.4, 0.5) is 4.79 Å². The summed E-state index contributed by atoms with van der Waals surface area (Å²) < 4.78 is 0. The Bertz CT molecular complexity index is 296. The number of carboxylic acids is 1. The lowest BCUT2D eigenvalue weighted by atomic mass is 10.0. The van der Waals surface area contributed by atoms with Crippen LogP contribution in [0.15, 0.2) is 0 Å². The molecular formula is C12H22N2O3. The third-order valence-electron chi connectivity index (χ3n) is 3.23. The van der Waals surface area contributed by atoms with Crippen LogP contribution >= 0.6 is 0 Å². The molecule has 0 bridgehead atoms. The van der Waals surface area contributed by atoms with Crippen molar-refractivity contribution in [2.45, 2.75) is 57.5 Å². The fourth-order valence-corrected chi connectivity index (χ4v) is 2.26. The molecule has 1 aliphatic carbocycles. The molecule has 98 valence electrons. The van der Waals surface area contributed by atoms with Gasteiger partial charge >= 0.3 is 12.0 Å². The molecule has 5 heteroatoms. The minimum atomic E-state index is -0.904. The lowest BCUT2D eigenvalue weighted by Crippen LogP contribution is -2.51. The van der Waals surface area contributed by atoms with Crippen LogP contribution < -0.4 is 5.32 Å². The second-order valence-corrected chi connectivity index (χ2v) is 5.43. The van der Waals surface area contributed by atoms with Crippen LogP contribution in [0.3, 0.4) is 0 Å². The number of urea groups is 1. The van der Waals surface area contributed by atoms with Crippen LogP contribution in [0.2, 0.25) is 0 Å². The zero-order chi connectivity index (χ0) is 13.1. The van der Waals surface area contributed by atoms with Crippen molar-refractivity contribution in [3.63, 3.8) is 0 Å². The fourth-order valence-electron chi connectivity index (χ4n) is 2.26. The third-order valence-corrected chi connectivity index (χ3v) is 3.23. The molecule has 0 saturated heterocycles. The van der Waals surface area contributed by atoms with Gasteiger partial charge in [-0.2, -0.15) is 0 Å². The zero-order valence-electron chi connectivity index (χ0n) is 10.8. The predicted molar refractivity (Wildman–Crippen MR) is 64.9 cm³/mol. The molecule has 0 atom stereocenters. The first-order valence-corrected chi connectivity index (χ1v) is 6.08. The van der Waals surface area contributed by atoms with Crippen molar-refractivity contribution in [1.29, 1.82) is 0 Å². The summed E-state index contributed by atoms with van der Waals surface area (Å²) in [6.45, 7) is 3.45. The predicted octanol–water partition coefficient (Wildman–Crippen LogP) is 1.82. The van der Waals surface area contributed by atoms with E-state index in [1.165, 1.54) is 12.8 Å². The number of rotatable bonds is 4. The lowest BCUT2D eigenvalue weighted by molar-refractivity contribution is -0.138. The van der Waals surface area contributed by atoms with Crippen molar-refractivity contribution < 1.29 is 14.7 Å². The molecule has 2 N–H and O–H groups in total. The van der Waals surface area contributed by atoms with E-state index in [-0.39, 0.29) is 12.5 Å². The van der Waals surface area contributed by atoms with E-state index in [0.29, 0.717) is 6.04 Å². The van der Waals surface area contributed by atoms with E-state index >= 15 is 0 Å². The van der Waals surface area contributed by atoms with Gasteiger partial charge in [0, 0.05) is 18.6 Å². The number of amides is 2. The normalized spacial score (nSPS) is 16.9. The number of hydrogen-bond donors (Lipinski definition) is 2. The van der Waals surface area contributed by atoms with Gasteiger partial charge in [0.15, 0.2) is 0 Å². The Morgan fingerprint density at radius 1 is 1.35 bits per heavy atom. The van der Waals surface area contributed by atoms with Gasteiger partial charge in [-0.25, -0.2) is 4.79 Å². The van der Waals surface area contributed by atoms with Crippen LogP contribution in [0, 0.1) is 0 Å². The summed E-state index contributed by atoms with van der Waals surface area (Å²) in [5.41, 5.74) is -0.713. The number of hydrogen-bond acceptors (Lipinski definition) is 2. The number of aliphatic carboxylic acids is 1. The van der Waals surface area contributed by atoms with Crippen LogP contribution in [-0.4, -0.2) is 40.6 Å². The van der Waals surface area contributed by atoms with Gasteiger partial charge in [-0.15, -0.1) is 0 Å². The SMILES string of the molecule is CN(C(=O)NC(C)(C)CC(=O)O)C1CCCC1. The molecular weight excluding hydrogens is 220 g/mol. The summed E-state index contributed by atoms with van der Waals surface area (Å²) in [6.07, 6.45) is 4.35. The molecule has 1 fully saturated rings. The maximum absolute atomic E-state index is 11.9. The summed E-state index contributed by atoms with van der Waals surface area (Å²) in [5, 5.41) is 11.5. The van der Waals surface area contributed by atoms with Gasteiger partial charge < -0.3 is 15.3 Å². The average molecular weight is 242 g/mol. The van der Waals surface area contributed by atoms with Crippen LogP contribution in [-0.2, 0) is 4.79 Å². The maximum Gasteiger partial charge on any atom is 0.317 e. The highest BCUT2D eigenvalue weighted by Gasteiger charge is 2.28. The van der Waals surface area contributed by atoms with E-state index in [2.05, 4.69) is 5.32 Å². The minimum Gasteiger partial charge on any atom is -0.481 e. The summed E-state index contributed by atoms with van der Waals surface area (Å²) in [7, 11) is 1.78. The van der Waals surface area contributed by atoms with Crippen molar-refractivity contribution in [3.05, 3.63) is 0 Å². The van der Waals surface area contributed by atoms with E-state index in [1.807, 2.05) is 0 Å². The molecule has 1 aliphatic rings. The van der Waals surface area contributed by atoms with E-state index < -0.39 is 11.5 Å². The van der Waals surface area contributed by atoms with Crippen molar-refractivity contribution >= 4 is 12.0 Å². The summed E-state index contributed by atoms with van der Waals surface area (Å²) in [4.78, 5) is 24.3. The van der Waals surface area contributed by atoms with Gasteiger partial charge in [0.2, 0.25) is 0 Å². The van der Waals surface area contributed by atoms with Crippen LogP contribution in [0.1, 0.15) is 46.0 Å². The quantitative estimate of drug-likeness (QED) is 0.790. The van der Waals surface area contributed by atoms with Gasteiger partial charge in [-0.05, 0) is 26.7 Å². The smallest absolute Gasteiger partial charge is 0.317 e. The molecule has 0 spiro atoms. The molecule has 0 aromatic rings. The van der Waals surface area contributed by atoms with Gasteiger partial charge in [0.1, 0.15) is 0 Å². The van der Waals surface area contributed by atoms with Crippen molar-refractivity contribution in [1.82, 2.24) is 10.2 Å². The Hall–Kier alpha value is -1.26. The Balaban J connectivity index is 2.49. The molecule has 1 rings (SSSR count). The second-order valence-electron chi connectivity index (χ2n) is 5.43. The van der Waals surface area contributed by atoms with Gasteiger partial charge in [-0.3, -0.25) is 4.79 Å². The Kier molecular flexibility index (Phi) is 4.37. The van der Waals surface area contributed by atoms with Crippen LogP contribution in [0.25, 0.3) is 0 Å². The van der Waals surface area contributed by atoms with Gasteiger partial charge in [0.05, 0.1) is 6.42 Å².